The van der Waals surface area contributed by atoms with Crippen LogP contribution in [0.25, 0.3) is 0 Å². The van der Waals surface area contributed by atoms with E-state index in [1.54, 1.807) is 6.07 Å². The van der Waals surface area contributed by atoms with E-state index in [0.29, 0.717) is 24.7 Å². The second kappa shape index (κ2) is 3.86. The molecule has 2 aliphatic heterocycles. The SMILES string of the molecule is O=S(=O)(c1ccc2c(c1)OCO2)N1CCOC1. The predicted octanol–water partition coefficient (Wildman–Crippen LogP) is 0.394. The van der Waals surface area contributed by atoms with Crippen molar-refractivity contribution in [1.29, 1.82) is 0 Å². The average molecular weight is 257 g/mol. The van der Waals surface area contributed by atoms with Crippen LogP contribution in [0.15, 0.2) is 23.1 Å². The molecule has 7 heteroatoms. The Hall–Kier alpha value is -1.31. The van der Waals surface area contributed by atoms with Gasteiger partial charge in [-0.2, -0.15) is 4.31 Å². The highest BCUT2D eigenvalue weighted by molar-refractivity contribution is 7.89. The van der Waals surface area contributed by atoms with Crippen molar-refractivity contribution in [2.75, 3.05) is 26.7 Å². The lowest BCUT2D eigenvalue weighted by Gasteiger charge is -2.13. The summed E-state index contributed by atoms with van der Waals surface area (Å²) in [6.07, 6.45) is 0. The molecule has 1 fully saturated rings. The monoisotopic (exact) mass is 257 g/mol. The summed E-state index contributed by atoms with van der Waals surface area (Å²) in [4.78, 5) is 0.201. The zero-order valence-corrected chi connectivity index (χ0v) is 9.77. The summed E-state index contributed by atoms with van der Waals surface area (Å²) in [6, 6.07) is 4.60. The molecular formula is C10H11NO5S. The number of nitrogens with zero attached hydrogens (tertiary/aromatic N) is 1. The molecule has 0 saturated carbocycles. The zero-order valence-electron chi connectivity index (χ0n) is 8.96. The van der Waals surface area contributed by atoms with Crippen molar-refractivity contribution in [2.24, 2.45) is 0 Å². The van der Waals surface area contributed by atoms with Crippen molar-refractivity contribution in [3.63, 3.8) is 0 Å². The van der Waals surface area contributed by atoms with Gasteiger partial charge in [-0.15, -0.1) is 0 Å². The molecule has 0 amide bonds. The highest BCUT2D eigenvalue weighted by Gasteiger charge is 2.29. The van der Waals surface area contributed by atoms with Gasteiger partial charge in [0, 0.05) is 12.6 Å². The maximum atomic E-state index is 12.2. The molecule has 0 atom stereocenters. The smallest absolute Gasteiger partial charge is 0.245 e. The highest BCUT2D eigenvalue weighted by Crippen LogP contribution is 2.34. The Morgan fingerprint density at radius 3 is 2.76 bits per heavy atom. The fraction of sp³-hybridized carbons (Fsp3) is 0.400. The second-order valence-electron chi connectivity index (χ2n) is 3.73. The van der Waals surface area contributed by atoms with Crippen LogP contribution in [0.5, 0.6) is 11.5 Å². The molecule has 0 bridgehead atoms. The van der Waals surface area contributed by atoms with Crippen molar-refractivity contribution in [3.05, 3.63) is 18.2 Å². The molecule has 0 spiro atoms. The van der Waals surface area contributed by atoms with E-state index in [-0.39, 0.29) is 18.4 Å². The number of ether oxygens (including phenoxy) is 3. The third kappa shape index (κ3) is 1.76. The first-order chi connectivity index (χ1) is 8.18. The fourth-order valence-electron chi connectivity index (χ4n) is 1.77. The summed E-state index contributed by atoms with van der Waals surface area (Å²) >= 11 is 0. The quantitative estimate of drug-likeness (QED) is 0.767. The van der Waals surface area contributed by atoms with Crippen LogP contribution >= 0.6 is 0 Å². The van der Waals surface area contributed by atoms with Crippen LogP contribution in [0.3, 0.4) is 0 Å². The molecule has 0 N–H and O–H groups in total. The summed E-state index contributed by atoms with van der Waals surface area (Å²) in [5.41, 5.74) is 0. The first-order valence-electron chi connectivity index (χ1n) is 5.15. The zero-order chi connectivity index (χ0) is 11.9. The van der Waals surface area contributed by atoms with E-state index >= 15 is 0 Å². The molecule has 3 rings (SSSR count). The van der Waals surface area contributed by atoms with E-state index in [9.17, 15) is 8.42 Å². The van der Waals surface area contributed by atoms with Gasteiger partial charge in [-0.25, -0.2) is 8.42 Å². The Labute approximate surface area is 98.7 Å². The molecule has 2 heterocycles. The van der Waals surface area contributed by atoms with Gasteiger partial charge in [0.1, 0.15) is 6.73 Å². The Morgan fingerprint density at radius 2 is 2.00 bits per heavy atom. The topological polar surface area (TPSA) is 65.1 Å². The van der Waals surface area contributed by atoms with Gasteiger partial charge in [0.25, 0.3) is 0 Å². The maximum absolute atomic E-state index is 12.2. The fourth-order valence-corrected chi connectivity index (χ4v) is 3.10. The molecule has 0 aromatic heterocycles. The predicted molar refractivity (Wildman–Crippen MR) is 57.3 cm³/mol. The molecule has 17 heavy (non-hydrogen) atoms. The first-order valence-corrected chi connectivity index (χ1v) is 6.59. The Morgan fingerprint density at radius 1 is 1.18 bits per heavy atom. The molecule has 1 saturated heterocycles. The van der Waals surface area contributed by atoms with Crippen LogP contribution < -0.4 is 9.47 Å². The van der Waals surface area contributed by atoms with E-state index < -0.39 is 10.0 Å². The number of hydrogen-bond acceptors (Lipinski definition) is 5. The summed E-state index contributed by atoms with van der Waals surface area (Å²) in [7, 11) is -3.49. The number of hydrogen-bond donors (Lipinski definition) is 0. The van der Waals surface area contributed by atoms with Crippen LogP contribution in [-0.2, 0) is 14.8 Å². The Bertz CT molecular complexity index is 536. The van der Waals surface area contributed by atoms with Gasteiger partial charge in [0.2, 0.25) is 16.8 Å². The largest absolute Gasteiger partial charge is 0.454 e. The van der Waals surface area contributed by atoms with Gasteiger partial charge < -0.3 is 14.2 Å². The van der Waals surface area contributed by atoms with E-state index in [1.807, 2.05) is 0 Å². The minimum atomic E-state index is -3.49. The Kier molecular flexibility index (Phi) is 2.46. The van der Waals surface area contributed by atoms with Crippen molar-refractivity contribution in [2.45, 2.75) is 4.90 Å². The van der Waals surface area contributed by atoms with Gasteiger partial charge in [0.05, 0.1) is 11.5 Å². The highest BCUT2D eigenvalue weighted by atomic mass is 32.2. The third-order valence-corrected chi connectivity index (χ3v) is 4.52. The van der Waals surface area contributed by atoms with E-state index in [1.165, 1.54) is 16.4 Å². The Balaban J connectivity index is 1.98. The van der Waals surface area contributed by atoms with Crippen LogP contribution in [0.4, 0.5) is 0 Å². The van der Waals surface area contributed by atoms with Crippen molar-refractivity contribution < 1.29 is 22.6 Å². The molecule has 2 aliphatic rings. The molecule has 1 aromatic rings. The molecule has 6 nitrogen and oxygen atoms in total. The van der Waals surface area contributed by atoms with Gasteiger partial charge in [-0.05, 0) is 12.1 Å². The minimum absolute atomic E-state index is 0.108. The van der Waals surface area contributed by atoms with Crippen LogP contribution in [0.1, 0.15) is 0 Å². The summed E-state index contributed by atoms with van der Waals surface area (Å²) in [5.74, 6) is 1.04. The number of rotatable bonds is 2. The van der Waals surface area contributed by atoms with Crippen LogP contribution in [0.2, 0.25) is 0 Å². The normalized spacial score (nSPS) is 19.8. The summed E-state index contributed by atoms with van der Waals surface area (Å²) < 4.78 is 41.0. The lowest BCUT2D eigenvalue weighted by atomic mass is 10.3. The molecule has 0 aliphatic carbocycles. The van der Waals surface area contributed by atoms with Crippen LogP contribution in [-0.4, -0.2) is 39.4 Å². The molecule has 92 valence electrons. The van der Waals surface area contributed by atoms with Gasteiger partial charge >= 0.3 is 0 Å². The lowest BCUT2D eigenvalue weighted by molar-refractivity contribution is 0.171. The van der Waals surface area contributed by atoms with Crippen LogP contribution in [0, 0.1) is 0 Å². The summed E-state index contributed by atoms with van der Waals surface area (Å²) in [5, 5.41) is 0. The number of fused-ring (bicyclic) bond motifs is 1. The average Bonchev–Trinajstić information content (AvgIpc) is 2.99. The van der Waals surface area contributed by atoms with Crippen molar-refractivity contribution in [3.8, 4) is 11.5 Å². The number of benzene rings is 1. The minimum Gasteiger partial charge on any atom is -0.454 e. The molecular weight excluding hydrogens is 246 g/mol. The molecule has 1 aromatic carbocycles. The molecule has 0 radical (unpaired) electrons. The summed E-state index contributed by atoms with van der Waals surface area (Å²) in [6.45, 7) is 1.06. The van der Waals surface area contributed by atoms with Gasteiger partial charge in [-0.1, -0.05) is 0 Å². The first kappa shape index (κ1) is 10.8. The van der Waals surface area contributed by atoms with E-state index in [4.69, 9.17) is 14.2 Å². The van der Waals surface area contributed by atoms with Gasteiger partial charge in [-0.3, -0.25) is 0 Å². The standard InChI is InChI=1S/C10H11NO5S/c12-17(13,11-3-4-14-6-11)8-1-2-9-10(5-8)16-7-15-9/h1-2,5H,3-4,6-7H2. The van der Waals surface area contributed by atoms with E-state index in [2.05, 4.69) is 0 Å². The second-order valence-corrected chi connectivity index (χ2v) is 5.67. The maximum Gasteiger partial charge on any atom is 0.245 e. The van der Waals surface area contributed by atoms with Gasteiger partial charge in [0.15, 0.2) is 11.5 Å². The van der Waals surface area contributed by atoms with Crippen molar-refractivity contribution >= 4 is 10.0 Å². The van der Waals surface area contributed by atoms with E-state index in [0.717, 1.165) is 0 Å². The number of sulfonamides is 1. The lowest BCUT2D eigenvalue weighted by Crippen LogP contribution is -2.28. The van der Waals surface area contributed by atoms with Crippen molar-refractivity contribution in [1.82, 2.24) is 4.31 Å². The molecule has 0 unspecified atom stereocenters. The third-order valence-electron chi connectivity index (χ3n) is 2.70.